The lowest BCUT2D eigenvalue weighted by Crippen LogP contribution is -2.35. The third-order valence-corrected chi connectivity index (χ3v) is 6.24. The number of anilines is 1. The minimum absolute atomic E-state index is 0.0480. The first kappa shape index (κ1) is 22.0. The number of hydrogen-bond acceptors (Lipinski definition) is 6. The van der Waals surface area contributed by atoms with E-state index in [1.54, 1.807) is 13.2 Å². The molecule has 2 heterocycles. The number of aryl methyl sites for hydroxylation is 1. The van der Waals surface area contributed by atoms with Crippen molar-refractivity contribution in [3.63, 3.8) is 0 Å². The zero-order chi connectivity index (χ0) is 22.5. The van der Waals surface area contributed by atoms with Gasteiger partial charge in [0.05, 0.1) is 5.69 Å². The van der Waals surface area contributed by atoms with Crippen LogP contribution in [0.2, 0.25) is 0 Å². The van der Waals surface area contributed by atoms with E-state index in [2.05, 4.69) is 57.3 Å². The summed E-state index contributed by atoms with van der Waals surface area (Å²) >= 11 is 0. The van der Waals surface area contributed by atoms with Crippen LogP contribution in [0.4, 0.5) is 5.69 Å². The molecule has 0 aliphatic carbocycles. The molecular weight excluding hydrogens is 400 g/mol. The highest BCUT2D eigenvalue weighted by Gasteiger charge is 2.23. The minimum atomic E-state index is -0.177. The average Bonchev–Trinajstić information content (AvgIpc) is 2.82. The number of aromatic hydroxyl groups is 1. The van der Waals surface area contributed by atoms with Gasteiger partial charge in [-0.05, 0) is 54.9 Å². The van der Waals surface area contributed by atoms with E-state index in [1.165, 1.54) is 22.4 Å². The molecule has 0 bridgehead atoms. The maximum Gasteiger partial charge on any atom is 0.257 e. The van der Waals surface area contributed by atoms with Crippen LogP contribution in [0.3, 0.4) is 0 Å². The summed E-state index contributed by atoms with van der Waals surface area (Å²) in [6, 6.07) is 17.1. The summed E-state index contributed by atoms with van der Waals surface area (Å²) < 4.78 is 0. The number of nitrogens with two attached hydrogens (primary N) is 1. The van der Waals surface area contributed by atoms with Crippen molar-refractivity contribution in [2.45, 2.75) is 39.2 Å². The lowest BCUT2D eigenvalue weighted by molar-refractivity contribution is 0.394. The molecule has 3 aromatic rings. The predicted molar refractivity (Wildman–Crippen MR) is 125 cm³/mol. The largest absolute Gasteiger partial charge is 0.504 e. The molecule has 1 radical (unpaired) electrons. The van der Waals surface area contributed by atoms with E-state index in [0.29, 0.717) is 30.4 Å². The Morgan fingerprint density at radius 1 is 1.09 bits per heavy atom. The number of carbonyl (C=O) groups excluding carboxylic acids is 1. The molecule has 0 atom stereocenters. The molecule has 6 nitrogen and oxygen atoms in total. The number of benzene rings is 2. The van der Waals surface area contributed by atoms with E-state index in [-0.39, 0.29) is 11.4 Å². The van der Waals surface area contributed by atoms with Gasteiger partial charge in [0.1, 0.15) is 5.82 Å². The van der Waals surface area contributed by atoms with Crippen LogP contribution in [0, 0.1) is 12.8 Å². The Labute approximate surface area is 189 Å². The molecule has 3 N–H and O–H groups in total. The third kappa shape index (κ3) is 4.97. The van der Waals surface area contributed by atoms with Gasteiger partial charge < -0.3 is 15.7 Å². The quantitative estimate of drug-likeness (QED) is 0.598. The molecule has 1 saturated heterocycles. The molecule has 4 rings (SSSR count). The normalized spacial score (nSPS) is 14.5. The summed E-state index contributed by atoms with van der Waals surface area (Å²) in [7, 11) is 0. The fraction of sp³-hybridized carbons (Fsp3) is 0.346. The van der Waals surface area contributed by atoms with E-state index in [9.17, 15) is 9.90 Å². The maximum atomic E-state index is 11.0. The molecule has 1 aliphatic rings. The Morgan fingerprint density at radius 2 is 1.84 bits per heavy atom. The highest BCUT2D eigenvalue weighted by atomic mass is 16.3. The highest BCUT2D eigenvalue weighted by Crippen LogP contribution is 2.29. The molecule has 0 amide bonds. The van der Waals surface area contributed by atoms with Crippen molar-refractivity contribution in [1.82, 2.24) is 9.97 Å². The second kappa shape index (κ2) is 9.92. The molecule has 1 aliphatic heterocycles. The van der Waals surface area contributed by atoms with Crippen LogP contribution < -0.4 is 10.6 Å². The second-order valence-electron chi connectivity index (χ2n) is 8.49. The zero-order valence-corrected chi connectivity index (χ0v) is 18.4. The van der Waals surface area contributed by atoms with Crippen molar-refractivity contribution in [2.24, 2.45) is 11.7 Å². The van der Waals surface area contributed by atoms with Crippen LogP contribution in [-0.2, 0) is 24.2 Å². The standard InChI is InChI=1S/C26H29N4O2/c1-18-26(32)23(17-31)29-25(28-18)15-20-9-11-30(12-10-20)24-8-7-21(14-22(24)16-27)13-19-5-3-2-4-6-19/h2-8,14,20,32H,9-13,15-16,27H2,1H3. The van der Waals surface area contributed by atoms with Gasteiger partial charge in [-0.15, -0.1) is 0 Å². The fourth-order valence-corrected chi connectivity index (χ4v) is 4.48. The number of hydrogen-bond donors (Lipinski definition) is 2. The van der Waals surface area contributed by atoms with Gasteiger partial charge in [0.2, 0.25) is 0 Å². The van der Waals surface area contributed by atoms with Crippen molar-refractivity contribution in [3.05, 3.63) is 82.4 Å². The van der Waals surface area contributed by atoms with E-state index in [4.69, 9.17) is 5.73 Å². The van der Waals surface area contributed by atoms with E-state index in [1.807, 2.05) is 6.07 Å². The molecule has 0 saturated carbocycles. The number of piperidine rings is 1. The molecule has 32 heavy (non-hydrogen) atoms. The van der Waals surface area contributed by atoms with Crippen LogP contribution in [-0.4, -0.2) is 34.5 Å². The van der Waals surface area contributed by atoms with Crippen LogP contribution in [0.5, 0.6) is 5.75 Å². The molecule has 6 heteroatoms. The van der Waals surface area contributed by atoms with Crippen LogP contribution in [0.1, 0.15) is 46.7 Å². The Morgan fingerprint density at radius 3 is 2.53 bits per heavy atom. The SMILES string of the molecule is Cc1nc(CC2CCN(c3ccc(Cc4ccccc4)cc3CN)CC2)nc([C]=O)c1O. The summed E-state index contributed by atoms with van der Waals surface area (Å²) in [6.07, 6.45) is 5.33. The zero-order valence-electron chi connectivity index (χ0n) is 18.4. The minimum Gasteiger partial charge on any atom is -0.504 e. The average molecular weight is 430 g/mol. The topological polar surface area (TPSA) is 92.3 Å². The Hall–Kier alpha value is -3.25. The van der Waals surface area contributed by atoms with Gasteiger partial charge in [-0.25, -0.2) is 9.97 Å². The lowest BCUT2D eigenvalue weighted by Gasteiger charge is -2.34. The van der Waals surface area contributed by atoms with Crippen molar-refractivity contribution < 1.29 is 9.90 Å². The van der Waals surface area contributed by atoms with Crippen molar-refractivity contribution in [2.75, 3.05) is 18.0 Å². The van der Waals surface area contributed by atoms with Crippen molar-refractivity contribution >= 4 is 12.0 Å². The molecule has 0 unspecified atom stereocenters. The Kier molecular flexibility index (Phi) is 6.81. The second-order valence-corrected chi connectivity index (χ2v) is 8.49. The van der Waals surface area contributed by atoms with Gasteiger partial charge in [-0.3, -0.25) is 4.79 Å². The monoisotopic (exact) mass is 429 g/mol. The summed E-state index contributed by atoms with van der Waals surface area (Å²) in [6.45, 7) is 4.09. The van der Waals surface area contributed by atoms with Gasteiger partial charge in [0.15, 0.2) is 11.4 Å². The molecule has 1 aromatic heterocycles. The predicted octanol–water partition coefficient (Wildman–Crippen LogP) is 3.46. The molecular formula is C26H29N4O2. The third-order valence-electron chi connectivity index (χ3n) is 6.24. The first-order chi connectivity index (χ1) is 15.6. The van der Waals surface area contributed by atoms with Crippen molar-refractivity contribution in [1.29, 1.82) is 0 Å². The maximum absolute atomic E-state index is 11.0. The number of nitrogens with zero attached hydrogens (tertiary/aromatic N) is 3. The smallest absolute Gasteiger partial charge is 0.257 e. The fourth-order valence-electron chi connectivity index (χ4n) is 4.48. The summed E-state index contributed by atoms with van der Waals surface area (Å²) in [5.41, 5.74) is 11.5. The first-order valence-electron chi connectivity index (χ1n) is 11.1. The van der Waals surface area contributed by atoms with Crippen molar-refractivity contribution in [3.8, 4) is 5.75 Å². The van der Waals surface area contributed by atoms with Gasteiger partial charge >= 0.3 is 0 Å². The Balaban J connectivity index is 1.40. The molecule has 0 spiro atoms. The summed E-state index contributed by atoms with van der Waals surface area (Å²) in [5, 5.41) is 9.84. The number of aromatic nitrogens is 2. The number of rotatable bonds is 7. The molecule has 1 fully saturated rings. The Bertz CT molecular complexity index is 1080. The summed E-state index contributed by atoms with van der Waals surface area (Å²) in [5.74, 6) is 0.863. The summed E-state index contributed by atoms with van der Waals surface area (Å²) in [4.78, 5) is 22.0. The van der Waals surface area contributed by atoms with Crippen LogP contribution in [0.15, 0.2) is 48.5 Å². The van der Waals surface area contributed by atoms with Gasteiger partial charge in [-0.1, -0.05) is 42.5 Å². The van der Waals surface area contributed by atoms with E-state index in [0.717, 1.165) is 32.4 Å². The van der Waals surface area contributed by atoms with Crippen LogP contribution in [0.25, 0.3) is 0 Å². The van der Waals surface area contributed by atoms with E-state index >= 15 is 0 Å². The van der Waals surface area contributed by atoms with Gasteiger partial charge in [0.25, 0.3) is 6.29 Å². The molecule has 165 valence electrons. The van der Waals surface area contributed by atoms with Crippen LogP contribution >= 0.6 is 0 Å². The highest BCUT2D eigenvalue weighted by molar-refractivity contribution is 5.76. The lowest BCUT2D eigenvalue weighted by atomic mass is 9.92. The van der Waals surface area contributed by atoms with Gasteiger partial charge in [-0.2, -0.15) is 0 Å². The van der Waals surface area contributed by atoms with E-state index < -0.39 is 0 Å². The molecule has 2 aromatic carbocycles. The first-order valence-corrected chi connectivity index (χ1v) is 11.1. The van der Waals surface area contributed by atoms with Gasteiger partial charge in [0, 0.05) is 31.7 Å².